The van der Waals surface area contributed by atoms with E-state index in [-0.39, 0.29) is 17.5 Å². The first-order chi connectivity index (χ1) is 17.0. The van der Waals surface area contributed by atoms with Gasteiger partial charge in [-0.05, 0) is 56.0 Å². The number of aromatic nitrogens is 2. The molecule has 2 aromatic carbocycles. The number of rotatable bonds is 13. The Morgan fingerprint density at radius 3 is 2.40 bits per heavy atom. The van der Waals surface area contributed by atoms with Gasteiger partial charge in [-0.3, -0.25) is 14.2 Å². The van der Waals surface area contributed by atoms with E-state index in [4.69, 9.17) is 4.98 Å². The summed E-state index contributed by atoms with van der Waals surface area (Å²) in [6.07, 6.45) is 8.76. The normalized spacial score (nSPS) is 12.1. The van der Waals surface area contributed by atoms with Crippen LogP contribution >= 0.6 is 0 Å². The number of unbranched alkanes of at least 4 members (excludes halogenated alkanes) is 5. The van der Waals surface area contributed by atoms with Crippen LogP contribution in [0.2, 0.25) is 0 Å². The third-order valence-electron chi connectivity index (χ3n) is 6.69. The van der Waals surface area contributed by atoms with Crippen LogP contribution in [0.15, 0.2) is 53.3 Å². The van der Waals surface area contributed by atoms with Crippen LogP contribution in [0.4, 0.5) is 0 Å². The van der Waals surface area contributed by atoms with Crippen LogP contribution in [-0.4, -0.2) is 26.9 Å². The van der Waals surface area contributed by atoms with Crippen molar-refractivity contribution in [3.05, 3.63) is 70.3 Å². The molecule has 5 nitrogen and oxygen atoms in total. The van der Waals surface area contributed by atoms with Gasteiger partial charge < -0.3 is 4.90 Å². The number of carbonyl (C=O) groups excluding carboxylic acids is 1. The topological polar surface area (TPSA) is 55.2 Å². The molecule has 1 heterocycles. The van der Waals surface area contributed by atoms with Gasteiger partial charge in [0.25, 0.3) is 5.56 Å². The van der Waals surface area contributed by atoms with E-state index < -0.39 is 0 Å². The Hall–Kier alpha value is -2.95. The van der Waals surface area contributed by atoms with E-state index in [0.717, 1.165) is 36.9 Å². The first-order valence-corrected chi connectivity index (χ1v) is 13.4. The predicted octanol–water partition coefficient (Wildman–Crippen LogP) is 7.13. The van der Waals surface area contributed by atoms with Gasteiger partial charge >= 0.3 is 0 Å². The summed E-state index contributed by atoms with van der Waals surface area (Å²) < 4.78 is 1.73. The third kappa shape index (κ3) is 6.59. The summed E-state index contributed by atoms with van der Waals surface area (Å²) in [5, 5.41) is 0.593. The number of hydrogen-bond acceptors (Lipinski definition) is 3. The van der Waals surface area contributed by atoms with Crippen LogP contribution in [0.5, 0.6) is 0 Å². The third-order valence-corrected chi connectivity index (χ3v) is 6.69. The highest BCUT2D eigenvalue weighted by Gasteiger charge is 2.28. The van der Waals surface area contributed by atoms with Gasteiger partial charge in [0.1, 0.15) is 5.82 Å². The fourth-order valence-electron chi connectivity index (χ4n) is 4.74. The molecule has 0 aliphatic rings. The lowest BCUT2D eigenvalue weighted by Crippen LogP contribution is -2.39. The van der Waals surface area contributed by atoms with Gasteiger partial charge in [0.05, 0.1) is 22.6 Å². The van der Waals surface area contributed by atoms with Crippen molar-refractivity contribution < 1.29 is 4.79 Å². The summed E-state index contributed by atoms with van der Waals surface area (Å²) in [5.74, 6) is 0.817. The summed E-state index contributed by atoms with van der Waals surface area (Å²) in [4.78, 5) is 34.3. The van der Waals surface area contributed by atoms with Crippen LogP contribution in [0.1, 0.15) is 96.0 Å². The zero-order valence-corrected chi connectivity index (χ0v) is 21.9. The molecule has 1 atom stereocenters. The lowest BCUT2D eigenvalue weighted by Gasteiger charge is -2.32. The maximum Gasteiger partial charge on any atom is 0.266 e. The van der Waals surface area contributed by atoms with Gasteiger partial charge in [0, 0.05) is 13.0 Å². The average molecular weight is 476 g/mol. The monoisotopic (exact) mass is 475 g/mol. The first kappa shape index (κ1) is 26.7. The molecular weight excluding hydrogens is 434 g/mol. The van der Waals surface area contributed by atoms with E-state index in [2.05, 4.69) is 20.8 Å². The van der Waals surface area contributed by atoms with E-state index in [1.807, 2.05) is 60.4 Å². The molecule has 0 aliphatic heterocycles. The molecule has 0 aliphatic carbocycles. The summed E-state index contributed by atoms with van der Waals surface area (Å²) in [5.41, 5.74) is 2.46. The quantitative estimate of drug-likeness (QED) is 0.247. The molecule has 0 spiro atoms. The molecule has 0 saturated heterocycles. The molecule has 0 saturated carbocycles. The summed E-state index contributed by atoms with van der Waals surface area (Å²) >= 11 is 0. The minimum absolute atomic E-state index is 0.0860. The molecule has 0 radical (unpaired) electrons. The highest BCUT2D eigenvalue weighted by molar-refractivity contribution is 5.79. The highest BCUT2D eigenvalue weighted by atomic mass is 16.2. The Morgan fingerprint density at radius 1 is 0.943 bits per heavy atom. The standard InChI is InChI=1S/C30H41N3O2/c1-5-8-10-11-12-20-28(34)32(21-9-6-2)27(7-3)29-31-26-19-14-13-18-25(26)30(35)33(29)24-17-15-16-23(4)22-24/h13-19,22,27H,5-12,20-21H2,1-4H3. The summed E-state index contributed by atoms with van der Waals surface area (Å²) in [6, 6.07) is 15.2. The molecule has 3 rings (SSSR count). The number of benzene rings is 2. The Bertz CT molecular complexity index is 1170. The molecule has 3 aromatic rings. The van der Waals surface area contributed by atoms with E-state index in [1.54, 1.807) is 4.57 Å². The van der Waals surface area contributed by atoms with E-state index in [9.17, 15) is 9.59 Å². The van der Waals surface area contributed by atoms with Crippen LogP contribution in [0, 0.1) is 6.92 Å². The molecule has 0 bridgehead atoms. The van der Waals surface area contributed by atoms with Gasteiger partial charge in [-0.25, -0.2) is 4.98 Å². The van der Waals surface area contributed by atoms with Gasteiger partial charge in [0.2, 0.25) is 5.91 Å². The van der Waals surface area contributed by atoms with Crippen LogP contribution in [0.3, 0.4) is 0 Å². The summed E-state index contributed by atoms with van der Waals surface area (Å²) in [6.45, 7) is 9.13. The van der Waals surface area contributed by atoms with E-state index in [1.165, 1.54) is 19.3 Å². The number of carbonyl (C=O) groups is 1. The van der Waals surface area contributed by atoms with Crippen molar-refractivity contribution in [2.75, 3.05) is 6.54 Å². The van der Waals surface area contributed by atoms with Crippen molar-refractivity contribution in [2.45, 2.75) is 91.5 Å². The molecule has 5 heteroatoms. The number of hydrogen-bond donors (Lipinski definition) is 0. The number of amides is 1. The van der Waals surface area contributed by atoms with Gasteiger partial charge in [0.15, 0.2) is 0 Å². The second kappa shape index (κ2) is 13.2. The minimum Gasteiger partial charge on any atom is -0.333 e. The fraction of sp³-hybridized carbons (Fsp3) is 0.500. The minimum atomic E-state index is -0.262. The van der Waals surface area contributed by atoms with Gasteiger partial charge in [-0.15, -0.1) is 0 Å². The molecule has 0 fully saturated rings. The second-order valence-electron chi connectivity index (χ2n) is 9.50. The lowest BCUT2D eigenvalue weighted by molar-refractivity contribution is -0.134. The fourth-order valence-corrected chi connectivity index (χ4v) is 4.74. The Morgan fingerprint density at radius 2 is 1.69 bits per heavy atom. The Kier molecular flexibility index (Phi) is 10.1. The van der Waals surface area contributed by atoms with Crippen molar-refractivity contribution in [1.29, 1.82) is 0 Å². The van der Waals surface area contributed by atoms with E-state index >= 15 is 0 Å². The van der Waals surface area contributed by atoms with Crippen molar-refractivity contribution in [3.63, 3.8) is 0 Å². The second-order valence-corrected chi connectivity index (χ2v) is 9.50. The number of para-hydroxylation sites is 1. The van der Waals surface area contributed by atoms with Crippen molar-refractivity contribution in [1.82, 2.24) is 14.5 Å². The zero-order valence-electron chi connectivity index (χ0n) is 21.9. The van der Waals surface area contributed by atoms with Crippen LogP contribution < -0.4 is 5.56 Å². The maximum atomic E-state index is 13.8. The molecule has 1 unspecified atom stereocenters. The molecule has 1 aromatic heterocycles. The Balaban J connectivity index is 2.08. The number of nitrogens with zero attached hydrogens (tertiary/aromatic N) is 3. The predicted molar refractivity (Wildman–Crippen MR) is 145 cm³/mol. The molecule has 1 amide bonds. The highest BCUT2D eigenvalue weighted by Crippen LogP contribution is 2.27. The lowest BCUT2D eigenvalue weighted by atomic mass is 10.1. The maximum absolute atomic E-state index is 13.8. The van der Waals surface area contributed by atoms with Crippen LogP contribution in [-0.2, 0) is 4.79 Å². The van der Waals surface area contributed by atoms with Crippen molar-refractivity contribution in [3.8, 4) is 5.69 Å². The van der Waals surface area contributed by atoms with Crippen molar-refractivity contribution in [2.24, 2.45) is 0 Å². The van der Waals surface area contributed by atoms with Crippen LogP contribution in [0.25, 0.3) is 16.6 Å². The smallest absolute Gasteiger partial charge is 0.266 e. The Labute approximate surface area is 210 Å². The van der Waals surface area contributed by atoms with Gasteiger partial charge in [-0.2, -0.15) is 0 Å². The average Bonchev–Trinajstić information content (AvgIpc) is 2.86. The molecule has 35 heavy (non-hydrogen) atoms. The van der Waals surface area contributed by atoms with Crippen molar-refractivity contribution >= 4 is 16.8 Å². The number of aryl methyl sites for hydroxylation is 1. The number of fused-ring (bicyclic) bond motifs is 1. The molecular formula is C30H41N3O2. The van der Waals surface area contributed by atoms with Gasteiger partial charge in [-0.1, -0.05) is 77.1 Å². The molecule has 0 N–H and O–H groups in total. The first-order valence-electron chi connectivity index (χ1n) is 13.4. The zero-order chi connectivity index (χ0) is 25.2. The van der Waals surface area contributed by atoms with E-state index in [0.29, 0.717) is 36.1 Å². The SMILES string of the molecule is CCCCCCCC(=O)N(CCCC)C(CC)c1nc2ccccc2c(=O)n1-c1cccc(C)c1. The largest absolute Gasteiger partial charge is 0.333 e. The summed E-state index contributed by atoms with van der Waals surface area (Å²) in [7, 11) is 0. The molecule has 188 valence electrons.